The molecule has 0 spiro atoms. The molecule has 2 rings (SSSR count). The Hall–Kier alpha value is -3.14. The number of aliphatic carboxylic acids is 2. The second-order valence-corrected chi connectivity index (χ2v) is 5.64. The van der Waals surface area contributed by atoms with E-state index in [1.54, 1.807) is 18.2 Å². The fraction of sp³-hybridized carbons (Fsp3) is 0.375. The van der Waals surface area contributed by atoms with Crippen LogP contribution in [0, 0.1) is 0 Å². The van der Waals surface area contributed by atoms with E-state index in [9.17, 15) is 24.3 Å². The van der Waals surface area contributed by atoms with Crippen molar-refractivity contribution in [2.75, 3.05) is 13.1 Å². The fourth-order valence-corrected chi connectivity index (χ4v) is 2.47. The molecule has 0 radical (unpaired) electrons. The molecule has 1 aromatic carbocycles. The Morgan fingerprint density at radius 2 is 1.96 bits per heavy atom. The maximum Gasteiger partial charge on any atom is 0.353 e. The number of hydrazine groups is 2. The zero-order valence-electron chi connectivity index (χ0n) is 13.9. The van der Waals surface area contributed by atoms with Crippen LogP contribution in [0.2, 0.25) is 0 Å². The van der Waals surface area contributed by atoms with Crippen molar-refractivity contribution in [3.05, 3.63) is 35.9 Å². The highest BCUT2D eigenvalue weighted by Crippen LogP contribution is 2.12. The number of carboxylic acid groups (broad SMARTS) is 2. The molecule has 0 bridgehead atoms. The first-order chi connectivity index (χ1) is 12.4. The molecule has 10 heteroatoms. The van der Waals surface area contributed by atoms with E-state index in [4.69, 9.17) is 5.11 Å². The summed E-state index contributed by atoms with van der Waals surface area (Å²) >= 11 is 0. The van der Waals surface area contributed by atoms with Crippen molar-refractivity contribution in [3.63, 3.8) is 0 Å². The van der Waals surface area contributed by atoms with E-state index in [0.29, 0.717) is 13.0 Å². The second-order valence-electron chi connectivity index (χ2n) is 5.64. The van der Waals surface area contributed by atoms with Crippen molar-refractivity contribution < 1.29 is 29.4 Å². The third-order valence-corrected chi connectivity index (χ3v) is 3.78. The van der Waals surface area contributed by atoms with Crippen LogP contribution in [0.15, 0.2) is 30.3 Å². The highest BCUT2D eigenvalue weighted by molar-refractivity contribution is 5.95. The quantitative estimate of drug-likeness (QED) is 0.566. The van der Waals surface area contributed by atoms with E-state index in [-0.39, 0.29) is 18.5 Å². The number of hydrogen-bond donors (Lipinski definition) is 3. The smallest absolute Gasteiger partial charge is 0.353 e. The number of rotatable bonds is 5. The van der Waals surface area contributed by atoms with Crippen LogP contribution in [0.3, 0.4) is 0 Å². The highest BCUT2D eigenvalue weighted by atomic mass is 16.4. The zero-order chi connectivity index (χ0) is 19.1. The lowest BCUT2D eigenvalue weighted by Crippen LogP contribution is -2.64. The van der Waals surface area contributed by atoms with Crippen LogP contribution in [0.1, 0.15) is 29.6 Å². The molecule has 10 nitrogen and oxygen atoms in total. The predicted octanol–water partition coefficient (Wildman–Crippen LogP) is -1.05. The Kier molecular flexibility index (Phi) is 6.50. The minimum atomic E-state index is -1.43. The Morgan fingerprint density at radius 1 is 1.27 bits per heavy atom. The van der Waals surface area contributed by atoms with Gasteiger partial charge in [0.25, 0.3) is 5.91 Å². The average Bonchev–Trinajstić information content (AvgIpc) is 2.64. The molecule has 26 heavy (non-hydrogen) atoms. The minimum Gasteiger partial charge on any atom is -0.548 e. The van der Waals surface area contributed by atoms with Gasteiger partial charge in [-0.2, -0.15) is 0 Å². The molecule has 0 aliphatic carbocycles. The van der Waals surface area contributed by atoms with Crippen molar-refractivity contribution in [1.82, 2.24) is 20.9 Å². The number of carbonyl (C=O) groups is 4. The van der Waals surface area contributed by atoms with Gasteiger partial charge in [0.05, 0.1) is 25.0 Å². The number of amides is 3. The molecule has 1 aliphatic rings. The summed E-state index contributed by atoms with van der Waals surface area (Å²) in [5.41, 5.74) is 5.25. The SMILES string of the molecule is O=C(O)CCN(NC(=O)c1ccccc1)C(=O)N1NCCC[C@H]1C(=O)[O-]. The minimum absolute atomic E-state index is 0.195. The van der Waals surface area contributed by atoms with Gasteiger partial charge in [0.1, 0.15) is 0 Å². The lowest BCUT2D eigenvalue weighted by atomic mass is 10.1. The number of carboxylic acids is 2. The average molecular weight is 363 g/mol. The van der Waals surface area contributed by atoms with Gasteiger partial charge < -0.3 is 15.0 Å². The molecule has 0 saturated carbocycles. The summed E-state index contributed by atoms with van der Waals surface area (Å²) in [5, 5.41) is 21.8. The summed E-state index contributed by atoms with van der Waals surface area (Å²) in [6.07, 6.45) is 0.305. The molecule has 1 aromatic rings. The molecule has 3 amide bonds. The molecule has 1 atom stereocenters. The van der Waals surface area contributed by atoms with Gasteiger partial charge in [-0.1, -0.05) is 18.2 Å². The normalized spacial score (nSPS) is 16.6. The van der Waals surface area contributed by atoms with E-state index in [0.717, 1.165) is 10.0 Å². The predicted molar refractivity (Wildman–Crippen MR) is 86.1 cm³/mol. The molecule has 3 N–H and O–H groups in total. The van der Waals surface area contributed by atoms with Crippen molar-refractivity contribution in [2.45, 2.75) is 25.3 Å². The van der Waals surface area contributed by atoms with E-state index < -0.39 is 36.3 Å². The van der Waals surface area contributed by atoms with Gasteiger partial charge in [-0.25, -0.2) is 20.2 Å². The number of nitrogens with one attached hydrogen (secondary N) is 2. The van der Waals surface area contributed by atoms with Crippen LogP contribution in [0.25, 0.3) is 0 Å². The van der Waals surface area contributed by atoms with Crippen LogP contribution in [0.4, 0.5) is 4.79 Å². The summed E-state index contributed by atoms with van der Waals surface area (Å²) in [6, 6.07) is 5.96. The van der Waals surface area contributed by atoms with Crippen LogP contribution < -0.4 is 16.0 Å². The zero-order valence-corrected chi connectivity index (χ0v) is 13.9. The summed E-state index contributed by atoms with van der Waals surface area (Å²) in [5.74, 6) is -3.22. The van der Waals surface area contributed by atoms with Crippen LogP contribution in [-0.2, 0) is 9.59 Å². The maximum absolute atomic E-state index is 12.7. The second kappa shape index (κ2) is 8.81. The lowest BCUT2D eigenvalue weighted by molar-refractivity contribution is -0.312. The van der Waals surface area contributed by atoms with E-state index >= 15 is 0 Å². The van der Waals surface area contributed by atoms with Crippen molar-refractivity contribution in [1.29, 1.82) is 0 Å². The summed E-state index contributed by atoms with van der Waals surface area (Å²) < 4.78 is 0. The van der Waals surface area contributed by atoms with Crippen molar-refractivity contribution in [3.8, 4) is 0 Å². The largest absolute Gasteiger partial charge is 0.548 e. The van der Waals surface area contributed by atoms with Gasteiger partial charge in [-0.15, -0.1) is 0 Å². The summed E-state index contributed by atoms with van der Waals surface area (Å²) in [4.78, 5) is 47.1. The lowest BCUT2D eigenvalue weighted by Gasteiger charge is -2.39. The molecule has 1 aliphatic heterocycles. The molecule has 0 aromatic heterocycles. The monoisotopic (exact) mass is 363 g/mol. The number of benzene rings is 1. The Labute approximate surface area is 149 Å². The number of hydrogen-bond acceptors (Lipinski definition) is 6. The molecular formula is C16H19N4O6-. The van der Waals surface area contributed by atoms with Crippen molar-refractivity contribution >= 4 is 23.9 Å². The van der Waals surface area contributed by atoms with Gasteiger partial charge in [-0.05, 0) is 25.0 Å². The molecule has 1 fully saturated rings. The van der Waals surface area contributed by atoms with Gasteiger partial charge in [0.15, 0.2) is 0 Å². The topological polar surface area (TPSA) is 142 Å². The molecule has 140 valence electrons. The van der Waals surface area contributed by atoms with Crippen molar-refractivity contribution in [2.24, 2.45) is 0 Å². The number of urea groups is 1. The summed E-state index contributed by atoms with van der Waals surface area (Å²) in [7, 11) is 0. The van der Waals surface area contributed by atoms with Gasteiger partial charge in [0.2, 0.25) is 0 Å². The third kappa shape index (κ3) is 4.93. The number of carbonyl (C=O) groups excluding carboxylic acids is 3. The van der Waals surface area contributed by atoms with E-state index in [1.165, 1.54) is 12.1 Å². The summed E-state index contributed by atoms with van der Waals surface area (Å²) in [6.45, 7) is 0.0413. The van der Waals surface area contributed by atoms with Crippen LogP contribution in [0.5, 0.6) is 0 Å². The fourth-order valence-electron chi connectivity index (χ4n) is 2.47. The molecular weight excluding hydrogens is 344 g/mol. The van der Waals surface area contributed by atoms with E-state index in [1.807, 2.05) is 0 Å². The number of nitrogens with zero attached hydrogens (tertiary/aromatic N) is 2. The highest BCUT2D eigenvalue weighted by Gasteiger charge is 2.32. The molecule has 1 saturated heterocycles. The maximum atomic E-state index is 12.7. The first-order valence-corrected chi connectivity index (χ1v) is 8.03. The molecule has 0 unspecified atom stereocenters. The van der Waals surface area contributed by atoms with Crippen LogP contribution in [-0.4, -0.2) is 58.1 Å². The Bertz CT molecular complexity index is 681. The van der Waals surface area contributed by atoms with Crippen LogP contribution >= 0.6 is 0 Å². The van der Waals surface area contributed by atoms with Gasteiger partial charge >= 0.3 is 12.0 Å². The van der Waals surface area contributed by atoms with Gasteiger partial charge in [-0.3, -0.25) is 15.0 Å². The Morgan fingerprint density at radius 3 is 2.58 bits per heavy atom. The van der Waals surface area contributed by atoms with Gasteiger partial charge in [0, 0.05) is 12.1 Å². The standard InChI is InChI=1S/C16H20N4O6/c21-13(22)8-10-19(18-14(23)11-5-2-1-3-6-11)16(26)20-12(15(24)25)7-4-9-17-20/h1-3,5-6,12,17H,4,7-10H2,(H,18,23)(H,21,22)(H,24,25)/p-1/t12-/m0/s1. The molecule has 1 heterocycles. The van der Waals surface area contributed by atoms with E-state index in [2.05, 4.69) is 10.9 Å². The first-order valence-electron chi connectivity index (χ1n) is 8.03. The third-order valence-electron chi connectivity index (χ3n) is 3.78. The Balaban J connectivity index is 2.16. The first kappa shape index (κ1) is 19.2.